The molecule has 0 spiro atoms. The lowest BCUT2D eigenvalue weighted by Crippen LogP contribution is -2.54. The Morgan fingerprint density at radius 1 is 0.222 bits per heavy atom. The zero-order chi connectivity index (χ0) is 77.8. The van der Waals surface area contributed by atoms with Crippen molar-refractivity contribution < 1.29 is 98.1 Å². The summed E-state index contributed by atoms with van der Waals surface area (Å²) in [6.45, 7) is 7.41. The second kappa shape index (κ2) is 30.6. The molecule has 0 saturated heterocycles. The number of hydrogen-bond acceptors (Lipinski definition) is 10. The maximum Gasteiger partial charge on any atom is 0.411 e. The average Bonchev–Trinajstić information content (AvgIpc) is 0.721. The van der Waals surface area contributed by atoms with E-state index >= 15 is 0 Å². The third kappa shape index (κ3) is 16.3. The number of rotatable bonds is 20. The Hall–Kier alpha value is -11.8. The molecular weight excluding hydrogens is 1460 g/mol. The number of carbonyl (C=O) groups excluding carboxylic acids is 2. The number of hydrogen-bond donors (Lipinski definition) is 0. The van der Waals surface area contributed by atoms with Gasteiger partial charge in [0.25, 0.3) is 0 Å². The fraction of sp³-hybridized carbons (Fsp3) is 0.119. The van der Waals surface area contributed by atoms with Gasteiger partial charge in [-0.1, -0.05) is 144 Å². The predicted molar refractivity (Wildman–Crippen MR) is 380 cm³/mol. The van der Waals surface area contributed by atoms with E-state index in [-0.39, 0.29) is 77.1 Å². The highest BCUT2D eigenvalue weighted by atomic mass is 32.2. The van der Waals surface area contributed by atoms with E-state index < -0.39 is 77.5 Å². The zero-order valence-corrected chi connectivity index (χ0v) is 58.8. The van der Waals surface area contributed by atoms with Crippen LogP contribution in [-0.4, -0.2) is 53.1 Å². The summed E-state index contributed by atoms with van der Waals surface area (Å²) in [6.07, 6.45) is -23.3. The van der Waals surface area contributed by atoms with Crippen LogP contribution < -0.4 is 18.9 Å². The van der Waals surface area contributed by atoms with Gasteiger partial charge in [-0.05, 0) is 220 Å². The Balaban J connectivity index is 0.000000215. The van der Waals surface area contributed by atoms with Gasteiger partial charge in [0, 0.05) is 22.3 Å². The lowest BCUT2D eigenvalue weighted by Gasteiger charge is -2.38. The monoisotopic (exact) mass is 1520 g/mol. The standard InChI is InChI=1S/C43H30F6O4.C41H30F6O6S2/c1-27-3-7-29(8-4-27)39(50)31-11-19-35(20-12-31)52-37-23-15-33(16-24-37)41(42(44,45)46,43(47,48)49)34-17-25-38(26-18-34)53-36-21-13-32(14-22-36)40(51)30-9-5-28(2)6-10-30;1-27-3-19-35(20-4-27)54(48,49)37-23-15-33(16-24-37)52-31-11-7-29(8-12-31)39(40(42,43)44,41(45,46)47)30-9-13-32(14-10-30)53-34-17-25-38(26-18-34)55(50,51)36-21-5-28(2)6-22-36/h3-26H,1-2H3;3-26H,1-2H3. The Kier molecular flexibility index (Phi) is 21.9. The summed E-state index contributed by atoms with van der Waals surface area (Å²) in [5.41, 5.74) is -7.77. The van der Waals surface area contributed by atoms with Crippen molar-refractivity contribution in [2.75, 3.05) is 0 Å². The minimum Gasteiger partial charge on any atom is -0.457 e. The molecule has 0 aliphatic carbocycles. The number of halogens is 12. The minimum absolute atomic E-state index is 0.0139. The van der Waals surface area contributed by atoms with Gasteiger partial charge in [0.15, 0.2) is 11.6 Å². The SMILES string of the molecule is Cc1ccc(C(=O)c2ccc(Oc3ccc(C(c4ccc(Oc5ccc(C(=O)c6ccc(C)cc6)cc5)cc4)(C(F)(F)F)C(F)(F)F)cc3)cc2)cc1.Cc1ccc(S(=O)(=O)c2ccc(Oc3ccc(C(c4ccc(Oc5ccc(S(=O)(=O)c6ccc(C)cc6)cc5)cc4)(C(F)(F)F)C(F)(F)F)cc3)cc2)cc1. The van der Waals surface area contributed by atoms with Gasteiger partial charge in [0.2, 0.25) is 30.5 Å². The number of benzene rings is 12. The lowest BCUT2D eigenvalue weighted by atomic mass is 9.73. The van der Waals surface area contributed by atoms with Crippen molar-refractivity contribution in [2.24, 2.45) is 0 Å². The average molecular weight is 1520 g/mol. The van der Waals surface area contributed by atoms with Crippen LogP contribution in [0, 0.1) is 27.7 Å². The van der Waals surface area contributed by atoms with Crippen molar-refractivity contribution in [3.8, 4) is 46.0 Å². The van der Waals surface area contributed by atoms with E-state index in [1.807, 2.05) is 52.0 Å². The van der Waals surface area contributed by atoms with Gasteiger partial charge in [-0.2, -0.15) is 52.7 Å². The van der Waals surface area contributed by atoms with Gasteiger partial charge in [-0.15, -0.1) is 0 Å². The summed E-state index contributed by atoms with van der Waals surface area (Å²) in [5.74, 6) is -0.0548. The second-order valence-corrected chi connectivity index (χ2v) is 28.9. The van der Waals surface area contributed by atoms with Gasteiger partial charge in [0.1, 0.15) is 46.0 Å². The molecule has 0 N–H and O–H groups in total. The van der Waals surface area contributed by atoms with Crippen molar-refractivity contribution in [3.05, 3.63) is 358 Å². The third-order valence-electron chi connectivity index (χ3n) is 17.6. The van der Waals surface area contributed by atoms with Crippen LogP contribution in [0.15, 0.2) is 311 Å². The van der Waals surface area contributed by atoms with Gasteiger partial charge >= 0.3 is 24.7 Å². The van der Waals surface area contributed by atoms with Crippen LogP contribution in [0.2, 0.25) is 0 Å². The van der Waals surface area contributed by atoms with Gasteiger partial charge in [-0.25, -0.2) is 16.8 Å². The predicted octanol–water partition coefficient (Wildman–Crippen LogP) is 22.7. The highest BCUT2D eigenvalue weighted by molar-refractivity contribution is 7.91. The van der Waals surface area contributed by atoms with Crippen molar-refractivity contribution in [2.45, 2.75) is 82.8 Å². The first-order chi connectivity index (χ1) is 51.0. The number of aryl methyl sites for hydroxylation is 4. The highest BCUT2D eigenvalue weighted by Crippen LogP contribution is 2.58. The van der Waals surface area contributed by atoms with Crippen LogP contribution >= 0.6 is 0 Å². The number of carbonyl (C=O) groups is 2. The van der Waals surface area contributed by atoms with E-state index in [2.05, 4.69) is 0 Å². The molecule has 12 aromatic carbocycles. The molecule has 0 fully saturated rings. The van der Waals surface area contributed by atoms with Crippen LogP contribution in [0.1, 0.15) is 76.4 Å². The zero-order valence-electron chi connectivity index (χ0n) is 57.1. The van der Waals surface area contributed by atoms with Crippen LogP contribution in [-0.2, 0) is 30.5 Å². The molecule has 0 aliphatic rings. The summed E-state index contributed by atoms with van der Waals surface area (Å²) < 4.78 is 252. The fourth-order valence-electron chi connectivity index (χ4n) is 11.8. The van der Waals surface area contributed by atoms with Gasteiger partial charge < -0.3 is 18.9 Å². The first-order valence-electron chi connectivity index (χ1n) is 32.6. The number of ether oxygens (including phenoxy) is 4. The fourth-order valence-corrected chi connectivity index (χ4v) is 14.3. The summed E-state index contributed by atoms with van der Waals surface area (Å²) >= 11 is 0. The molecule has 0 atom stereocenters. The first kappa shape index (κ1) is 77.3. The second-order valence-electron chi connectivity index (χ2n) is 25.0. The minimum atomic E-state index is -5.85. The van der Waals surface area contributed by atoms with Crippen LogP contribution in [0.25, 0.3) is 0 Å². The summed E-state index contributed by atoms with van der Waals surface area (Å²) in [5, 5.41) is 0. The molecule has 12 aromatic rings. The Morgan fingerprint density at radius 3 is 0.537 bits per heavy atom. The first-order valence-corrected chi connectivity index (χ1v) is 35.6. The Morgan fingerprint density at radius 2 is 0.361 bits per heavy atom. The molecule has 0 heterocycles. The number of alkyl halides is 12. The lowest BCUT2D eigenvalue weighted by molar-refractivity contribution is -0.290. The van der Waals surface area contributed by atoms with E-state index in [9.17, 15) is 79.1 Å². The van der Waals surface area contributed by atoms with E-state index in [1.165, 1.54) is 121 Å². The van der Waals surface area contributed by atoms with Crippen molar-refractivity contribution >= 4 is 31.2 Å². The van der Waals surface area contributed by atoms with E-state index in [0.29, 0.717) is 46.5 Å². The topological polar surface area (TPSA) is 139 Å². The number of sulfone groups is 2. The molecular formula is C84H60F12O10S2. The van der Waals surface area contributed by atoms with Crippen molar-refractivity contribution in [1.82, 2.24) is 0 Å². The molecule has 0 aromatic heterocycles. The molecule has 552 valence electrons. The van der Waals surface area contributed by atoms with Gasteiger partial charge in [-0.3, -0.25) is 9.59 Å². The highest BCUT2D eigenvalue weighted by Gasteiger charge is 2.73. The molecule has 24 heteroatoms. The van der Waals surface area contributed by atoms with Gasteiger partial charge in [0.05, 0.1) is 19.6 Å². The molecule has 0 unspecified atom stereocenters. The molecule has 0 saturated carbocycles. The molecule has 0 bridgehead atoms. The molecule has 10 nitrogen and oxygen atoms in total. The quantitative estimate of drug-likeness (QED) is 0.0535. The van der Waals surface area contributed by atoms with E-state index in [4.69, 9.17) is 18.9 Å². The Bertz CT molecular complexity index is 5050. The molecule has 0 aliphatic heterocycles. The molecule has 0 radical (unpaired) electrons. The number of ketones is 2. The summed E-state index contributed by atoms with van der Waals surface area (Å²) in [4.78, 5) is 25.6. The Labute approximate surface area is 612 Å². The van der Waals surface area contributed by atoms with Crippen molar-refractivity contribution in [3.63, 3.8) is 0 Å². The maximum absolute atomic E-state index is 14.8. The molecule has 0 amide bonds. The smallest absolute Gasteiger partial charge is 0.411 e. The molecule has 12 rings (SSSR count). The third-order valence-corrected chi connectivity index (χ3v) is 21.2. The summed E-state index contributed by atoms with van der Waals surface area (Å²) in [7, 11) is -7.71. The molecule has 108 heavy (non-hydrogen) atoms. The van der Waals surface area contributed by atoms with Crippen LogP contribution in [0.5, 0.6) is 46.0 Å². The van der Waals surface area contributed by atoms with Crippen molar-refractivity contribution in [1.29, 1.82) is 0 Å². The van der Waals surface area contributed by atoms with Crippen LogP contribution in [0.4, 0.5) is 52.7 Å². The van der Waals surface area contributed by atoms with Crippen LogP contribution in [0.3, 0.4) is 0 Å². The van der Waals surface area contributed by atoms with E-state index in [0.717, 1.165) is 95.1 Å². The largest absolute Gasteiger partial charge is 0.457 e. The van der Waals surface area contributed by atoms with E-state index in [1.54, 1.807) is 48.5 Å². The normalized spacial score (nSPS) is 12.3. The maximum atomic E-state index is 14.8. The summed E-state index contributed by atoms with van der Waals surface area (Å²) in [6, 6.07) is 62.4.